The first-order valence-electron chi connectivity index (χ1n) is 7.59. The van der Waals surface area contributed by atoms with E-state index in [4.69, 9.17) is 4.74 Å². The van der Waals surface area contributed by atoms with E-state index < -0.39 is 0 Å². The van der Waals surface area contributed by atoms with Gasteiger partial charge in [-0.15, -0.1) is 0 Å². The molecule has 1 aromatic carbocycles. The van der Waals surface area contributed by atoms with Crippen LogP contribution < -0.4 is 15.4 Å². The molecule has 4 heteroatoms. The molecule has 0 atom stereocenters. The fourth-order valence-corrected chi connectivity index (χ4v) is 2.54. The standard InChI is InChI=1S/C16H24N2O2/c1-2-17-16(19)18-13-8-7-11-15(12-13)20-14-9-5-3-4-6-10-14/h7-8,11-12,14H,2-6,9-10H2,1H3,(H2,17,18,19). The molecule has 0 unspecified atom stereocenters. The molecule has 1 aliphatic rings. The number of anilines is 1. The fraction of sp³-hybridized carbons (Fsp3) is 0.562. The van der Waals surface area contributed by atoms with E-state index in [1.807, 2.05) is 31.2 Å². The Labute approximate surface area is 120 Å². The van der Waals surface area contributed by atoms with Crippen molar-refractivity contribution >= 4 is 11.7 Å². The largest absolute Gasteiger partial charge is 0.490 e. The molecule has 0 bridgehead atoms. The van der Waals surface area contributed by atoms with Gasteiger partial charge in [0.2, 0.25) is 0 Å². The van der Waals surface area contributed by atoms with E-state index in [0.717, 1.165) is 24.3 Å². The first kappa shape index (κ1) is 14.7. The lowest BCUT2D eigenvalue weighted by Crippen LogP contribution is -2.28. The zero-order valence-corrected chi connectivity index (χ0v) is 12.2. The highest BCUT2D eigenvalue weighted by atomic mass is 16.5. The molecular formula is C16H24N2O2. The molecule has 2 N–H and O–H groups in total. The lowest BCUT2D eigenvalue weighted by Gasteiger charge is -2.17. The zero-order chi connectivity index (χ0) is 14.2. The maximum Gasteiger partial charge on any atom is 0.319 e. The van der Waals surface area contributed by atoms with Crippen molar-refractivity contribution in [2.75, 3.05) is 11.9 Å². The highest BCUT2D eigenvalue weighted by molar-refractivity contribution is 5.89. The van der Waals surface area contributed by atoms with E-state index in [0.29, 0.717) is 12.6 Å². The molecule has 2 amide bonds. The summed E-state index contributed by atoms with van der Waals surface area (Å²) in [6.07, 6.45) is 7.72. The van der Waals surface area contributed by atoms with Crippen molar-refractivity contribution in [3.8, 4) is 5.75 Å². The minimum absolute atomic E-state index is 0.181. The number of benzene rings is 1. The van der Waals surface area contributed by atoms with Gasteiger partial charge < -0.3 is 15.4 Å². The predicted molar refractivity (Wildman–Crippen MR) is 81.3 cm³/mol. The molecule has 4 nitrogen and oxygen atoms in total. The first-order valence-corrected chi connectivity index (χ1v) is 7.59. The van der Waals surface area contributed by atoms with Crippen LogP contribution in [0, 0.1) is 0 Å². The summed E-state index contributed by atoms with van der Waals surface area (Å²) in [6.45, 7) is 2.51. The summed E-state index contributed by atoms with van der Waals surface area (Å²) >= 11 is 0. The van der Waals surface area contributed by atoms with Crippen LogP contribution in [0.15, 0.2) is 24.3 Å². The molecule has 0 saturated heterocycles. The van der Waals surface area contributed by atoms with Gasteiger partial charge in [-0.1, -0.05) is 18.9 Å². The Balaban J connectivity index is 1.92. The van der Waals surface area contributed by atoms with Gasteiger partial charge in [-0.2, -0.15) is 0 Å². The lowest BCUT2D eigenvalue weighted by molar-refractivity contribution is 0.184. The van der Waals surface area contributed by atoms with Crippen LogP contribution in [0.5, 0.6) is 5.75 Å². The van der Waals surface area contributed by atoms with E-state index in [1.54, 1.807) is 0 Å². The summed E-state index contributed by atoms with van der Waals surface area (Å²) in [5.41, 5.74) is 0.766. The number of rotatable bonds is 4. The van der Waals surface area contributed by atoms with Gasteiger partial charge in [0.15, 0.2) is 0 Å². The van der Waals surface area contributed by atoms with E-state index in [9.17, 15) is 4.79 Å². The fourth-order valence-electron chi connectivity index (χ4n) is 2.54. The SMILES string of the molecule is CCNC(=O)Nc1cccc(OC2CCCCCC2)c1. The second kappa shape index (κ2) is 7.78. The minimum atomic E-state index is -0.181. The number of nitrogens with one attached hydrogen (secondary N) is 2. The Kier molecular flexibility index (Phi) is 5.71. The maximum absolute atomic E-state index is 11.5. The van der Waals surface area contributed by atoms with Crippen molar-refractivity contribution < 1.29 is 9.53 Å². The molecule has 1 fully saturated rings. The minimum Gasteiger partial charge on any atom is -0.490 e. The summed E-state index contributed by atoms with van der Waals surface area (Å²) < 4.78 is 6.05. The monoisotopic (exact) mass is 276 g/mol. The molecule has 0 spiro atoms. The molecule has 0 radical (unpaired) electrons. The number of hydrogen-bond donors (Lipinski definition) is 2. The first-order chi connectivity index (χ1) is 9.78. The third-order valence-corrected chi connectivity index (χ3v) is 3.53. The highest BCUT2D eigenvalue weighted by Crippen LogP contribution is 2.24. The molecule has 0 aliphatic heterocycles. The molecule has 1 aromatic rings. The Bertz CT molecular complexity index is 426. The Morgan fingerprint density at radius 2 is 2.00 bits per heavy atom. The number of amides is 2. The quantitative estimate of drug-likeness (QED) is 0.819. The lowest BCUT2D eigenvalue weighted by atomic mass is 10.1. The van der Waals surface area contributed by atoms with Crippen molar-refractivity contribution in [2.45, 2.75) is 51.6 Å². The van der Waals surface area contributed by atoms with Crippen LogP contribution in [-0.4, -0.2) is 18.7 Å². The maximum atomic E-state index is 11.5. The molecule has 1 aliphatic carbocycles. The Morgan fingerprint density at radius 3 is 2.70 bits per heavy atom. The van der Waals surface area contributed by atoms with Crippen molar-refractivity contribution in [2.24, 2.45) is 0 Å². The summed E-state index contributed by atoms with van der Waals surface area (Å²) in [5, 5.41) is 5.52. The van der Waals surface area contributed by atoms with E-state index in [1.165, 1.54) is 25.7 Å². The summed E-state index contributed by atoms with van der Waals surface area (Å²) in [5.74, 6) is 0.839. The predicted octanol–water partition coefficient (Wildman–Crippen LogP) is 3.93. The van der Waals surface area contributed by atoms with Gasteiger partial charge in [0.1, 0.15) is 5.75 Å². The molecular weight excluding hydrogens is 252 g/mol. The molecule has 1 saturated carbocycles. The van der Waals surface area contributed by atoms with Crippen LogP contribution >= 0.6 is 0 Å². The van der Waals surface area contributed by atoms with Crippen LogP contribution in [0.25, 0.3) is 0 Å². The van der Waals surface area contributed by atoms with Crippen LogP contribution in [0.1, 0.15) is 45.4 Å². The number of carbonyl (C=O) groups excluding carboxylic acids is 1. The Hall–Kier alpha value is -1.71. The molecule has 0 aromatic heterocycles. The second-order valence-corrected chi connectivity index (χ2v) is 5.24. The van der Waals surface area contributed by atoms with Crippen molar-refractivity contribution in [1.29, 1.82) is 0 Å². The Morgan fingerprint density at radius 1 is 1.25 bits per heavy atom. The van der Waals surface area contributed by atoms with Gasteiger partial charge in [-0.3, -0.25) is 0 Å². The summed E-state index contributed by atoms with van der Waals surface area (Å²) in [6, 6.07) is 7.44. The molecule has 110 valence electrons. The van der Waals surface area contributed by atoms with Crippen molar-refractivity contribution in [3.05, 3.63) is 24.3 Å². The third kappa shape index (κ3) is 4.76. The van der Waals surface area contributed by atoms with Crippen molar-refractivity contribution in [3.63, 3.8) is 0 Å². The van der Waals surface area contributed by atoms with Crippen LogP contribution in [0.2, 0.25) is 0 Å². The molecule has 0 heterocycles. The molecule has 2 rings (SSSR count). The number of hydrogen-bond acceptors (Lipinski definition) is 2. The van der Waals surface area contributed by atoms with Crippen molar-refractivity contribution in [1.82, 2.24) is 5.32 Å². The van der Waals surface area contributed by atoms with Gasteiger partial charge in [-0.05, 0) is 44.7 Å². The topological polar surface area (TPSA) is 50.4 Å². The molecule has 20 heavy (non-hydrogen) atoms. The second-order valence-electron chi connectivity index (χ2n) is 5.24. The van der Waals surface area contributed by atoms with Gasteiger partial charge in [0, 0.05) is 18.3 Å². The highest BCUT2D eigenvalue weighted by Gasteiger charge is 2.13. The van der Waals surface area contributed by atoms with Crippen LogP contribution in [0.4, 0.5) is 10.5 Å². The van der Waals surface area contributed by atoms with Gasteiger partial charge in [0.05, 0.1) is 6.10 Å². The number of ether oxygens (including phenoxy) is 1. The average molecular weight is 276 g/mol. The van der Waals surface area contributed by atoms with E-state index >= 15 is 0 Å². The van der Waals surface area contributed by atoms with Gasteiger partial charge >= 0.3 is 6.03 Å². The van der Waals surface area contributed by atoms with E-state index in [-0.39, 0.29) is 6.03 Å². The average Bonchev–Trinajstić information content (AvgIpc) is 2.68. The normalized spacial score (nSPS) is 16.2. The zero-order valence-electron chi connectivity index (χ0n) is 12.2. The summed E-state index contributed by atoms with van der Waals surface area (Å²) in [4.78, 5) is 11.5. The van der Waals surface area contributed by atoms with E-state index in [2.05, 4.69) is 10.6 Å². The van der Waals surface area contributed by atoms with Gasteiger partial charge in [-0.25, -0.2) is 4.79 Å². The smallest absolute Gasteiger partial charge is 0.319 e. The third-order valence-electron chi connectivity index (χ3n) is 3.53. The van der Waals surface area contributed by atoms with Crippen LogP contribution in [-0.2, 0) is 0 Å². The van der Waals surface area contributed by atoms with Gasteiger partial charge in [0.25, 0.3) is 0 Å². The number of urea groups is 1. The summed E-state index contributed by atoms with van der Waals surface area (Å²) in [7, 11) is 0. The number of carbonyl (C=O) groups is 1. The van der Waals surface area contributed by atoms with Crippen LogP contribution in [0.3, 0.4) is 0 Å².